The Morgan fingerprint density at radius 3 is 2.63 bits per heavy atom. The van der Waals surface area contributed by atoms with Crippen molar-refractivity contribution < 1.29 is 4.57 Å². The Kier molecular flexibility index (Phi) is 3.49. The lowest BCUT2D eigenvalue weighted by molar-refractivity contribution is -0.659. The Morgan fingerprint density at radius 1 is 0.933 bits per heavy atom. The summed E-state index contributed by atoms with van der Waals surface area (Å²) in [7, 11) is 2.14. The first-order valence-corrected chi connectivity index (χ1v) is 10.5. The first-order valence-electron chi connectivity index (χ1n) is 10.5. The average molecular weight is 391 g/mol. The van der Waals surface area contributed by atoms with Crippen LogP contribution < -0.4 is 4.57 Å². The quantitative estimate of drug-likeness (QED) is 0.340. The van der Waals surface area contributed by atoms with Crippen LogP contribution in [0.4, 0.5) is 0 Å². The van der Waals surface area contributed by atoms with Crippen LogP contribution in [-0.4, -0.2) is 9.55 Å². The monoisotopic (exact) mass is 390 g/mol. The lowest BCUT2D eigenvalue weighted by Gasteiger charge is -2.12. The van der Waals surface area contributed by atoms with E-state index < -0.39 is 0 Å². The second-order valence-corrected chi connectivity index (χ2v) is 8.58. The van der Waals surface area contributed by atoms with E-state index in [1.165, 1.54) is 55.5 Å². The molecule has 1 aliphatic heterocycles. The number of para-hydroxylation sites is 1. The molecule has 146 valence electrons. The number of rotatable bonds is 1. The second kappa shape index (κ2) is 6.02. The zero-order chi connectivity index (χ0) is 20.6. The predicted octanol–water partition coefficient (Wildman–Crippen LogP) is 5.50. The van der Waals surface area contributed by atoms with Gasteiger partial charge in [0, 0.05) is 12.5 Å². The summed E-state index contributed by atoms with van der Waals surface area (Å²) in [4.78, 5) is 5.06. The molecule has 2 aromatic heterocycles. The predicted molar refractivity (Wildman–Crippen MR) is 122 cm³/mol. The number of hydrogen-bond donors (Lipinski definition) is 0. The van der Waals surface area contributed by atoms with E-state index in [1.807, 2.05) is 0 Å². The summed E-state index contributed by atoms with van der Waals surface area (Å²) in [5.74, 6) is 1.14. The van der Waals surface area contributed by atoms with Crippen LogP contribution in [0.1, 0.15) is 28.1 Å². The lowest BCUT2D eigenvalue weighted by atomic mass is 9.95. The number of pyridine rings is 1. The smallest absolute Gasteiger partial charge is 0.220 e. The molecule has 0 saturated heterocycles. The van der Waals surface area contributed by atoms with Gasteiger partial charge in [-0.1, -0.05) is 35.9 Å². The summed E-state index contributed by atoms with van der Waals surface area (Å²) in [6.45, 7) is 6.60. The van der Waals surface area contributed by atoms with E-state index >= 15 is 0 Å². The molecular weight excluding hydrogens is 366 g/mol. The van der Waals surface area contributed by atoms with Gasteiger partial charge in [0.1, 0.15) is 12.9 Å². The molecule has 6 rings (SSSR count). The standard InChI is InChI=1S/C27H24N3/c1-16-9-10-21-19(13-16)11-12-29(4)27(21)22-15-24-26(18(3)17(22)2)28-25-14-20-7-5-6-8-23(20)30(24)25/h5-13,15H,14H2,1-4H3/q+1. The summed E-state index contributed by atoms with van der Waals surface area (Å²) in [5.41, 5.74) is 11.4. The molecule has 0 radical (unpaired) electrons. The molecule has 3 aromatic carbocycles. The first-order chi connectivity index (χ1) is 14.5. The largest absolute Gasteiger partial charge is 0.296 e. The fraction of sp³-hybridized carbons (Fsp3) is 0.185. The molecule has 5 aromatic rings. The Morgan fingerprint density at radius 2 is 1.77 bits per heavy atom. The Bertz CT molecular complexity index is 1500. The highest BCUT2D eigenvalue weighted by atomic mass is 15.1. The normalized spacial score (nSPS) is 12.5. The molecule has 0 unspecified atom stereocenters. The number of benzene rings is 3. The van der Waals surface area contributed by atoms with Gasteiger partial charge in [0.25, 0.3) is 0 Å². The Hall–Kier alpha value is -3.46. The summed E-state index contributed by atoms with van der Waals surface area (Å²) in [5, 5.41) is 2.57. The van der Waals surface area contributed by atoms with Crippen molar-refractivity contribution in [3.8, 4) is 16.9 Å². The zero-order valence-electron chi connectivity index (χ0n) is 17.8. The topological polar surface area (TPSA) is 21.7 Å². The second-order valence-electron chi connectivity index (χ2n) is 8.58. The van der Waals surface area contributed by atoms with Gasteiger partial charge in [-0.05, 0) is 61.0 Å². The number of imidazole rings is 1. The molecule has 0 amide bonds. The fourth-order valence-corrected chi connectivity index (χ4v) is 5.02. The van der Waals surface area contributed by atoms with E-state index in [4.69, 9.17) is 4.98 Å². The van der Waals surface area contributed by atoms with E-state index in [1.54, 1.807) is 0 Å². The highest BCUT2D eigenvalue weighted by molar-refractivity contribution is 5.97. The number of aromatic nitrogens is 3. The van der Waals surface area contributed by atoms with Gasteiger partial charge < -0.3 is 0 Å². The van der Waals surface area contributed by atoms with E-state index in [2.05, 4.69) is 97.7 Å². The van der Waals surface area contributed by atoms with E-state index in [0.717, 1.165) is 17.8 Å². The van der Waals surface area contributed by atoms with Crippen LogP contribution in [0.25, 0.3) is 38.8 Å². The van der Waals surface area contributed by atoms with Gasteiger partial charge in [0.15, 0.2) is 6.20 Å². The van der Waals surface area contributed by atoms with Crippen LogP contribution in [0.15, 0.2) is 60.8 Å². The van der Waals surface area contributed by atoms with Crippen LogP contribution >= 0.6 is 0 Å². The Labute approximate surface area is 176 Å². The first kappa shape index (κ1) is 17.4. The zero-order valence-corrected chi connectivity index (χ0v) is 17.8. The van der Waals surface area contributed by atoms with Crippen LogP contribution in [0.2, 0.25) is 0 Å². The fourth-order valence-electron chi connectivity index (χ4n) is 5.02. The minimum Gasteiger partial charge on any atom is -0.296 e. The number of nitrogens with zero attached hydrogens (tertiary/aromatic N) is 3. The highest BCUT2D eigenvalue weighted by Gasteiger charge is 2.26. The molecular formula is C27H24N3+. The van der Waals surface area contributed by atoms with E-state index in [0.29, 0.717) is 0 Å². The van der Waals surface area contributed by atoms with Gasteiger partial charge in [-0.15, -0.1) is 0 Å². The molecule has 0 spiro atoms. The van der Waals surface area contributed by atoms with E-state index in [-0.39, 0.29) is 0 Å². The maximum Gasteiger partial charge on any atom is 0.220 e. The summed E-state index contributed by atoms with van der Waals surface area (Å²) in [6, 6.07) is 20.0. The number of aryl methyl sites for hydroxylation is 3. The van der Waals surface area contributed by atoms with Gasteiger partial charge in [0.2, 0.25) is 5.69 Å². The molecule has 3 heterocycles. The van der Waals surface area contributed by atoms with Gasteiger partial charge in [-0.2, -0.15) is 0 Å². The van der Waals surface area contributed by atoms with E-state index in [9.17, 15) is 0 Å². The molecule has 0 fully saturated rings. The van der Waals surface area contributed by atoms with Crippen LogP contribution in [0, 0.1) is 20.8 Å². The summed E-state index contributed by atoms with van der Waals surface area (Å²) in [6.07, 6.45) is 3.08. The molecule has 0 bridgehead atoms. The molecule has 0 aliphatic carbocycles. The van der Waals surface area contributed by atoms with Crippen molar-refractivity contribution in [1.29, 1.82) is 0 Å². The molecule has 1 aliphatic rings. The average Bonchev–Trinajstić information content (AvgIpc) is 3.27. The lowest BCUT2D eigenvalue weighted by Crippen LogP contribution is -2.30. The maximum absolute atomic E-state index is 5.06. The van der Waals surface area contributed by atoms with Crippen molar-refractivity contribution >= 4 is 21.8 Å². The van der Waals surface area contributed by atoms with Crippen molar-refractivity contribution in [2.45, 2.75) is 27.2 Å². The van der Waals surface area contributed by atoms with Crippen LogP contribution in [0.5, 0.6) is 0 Å². The van der Waals surface area contributed by atoms with Gasteiger partial charge in [-0.3, -0.25) is 4.57 Å². The van der Waals surface area contributed by atoms with Crippen molar-refractivity contribution in [3.63, 3.8) is 0 Å². The molecule has 0 N–H and O–H groups in total. The van der Waals surface area contributed by atoms with Gasteiger partial charge >= 0.3 is 0 Å². The molecule has 30 heavy (non-hydrogen) atoms. The molecule has 0 saturated carbocycles. The van der Waals surface area contributed by atoms with Crippen LogP contribution in [-0.2, 0) is 13.5 Å². The van der Waals surface area contributed by atoms with Crippen molar-refractivity contribution in [1.82, 2.24) is 9.55 Å². The molecule has 3 nitrogen and oxygen atoms in total. The third-order valence-corrected chi connectivity index (χ3v) is 6.71. The van der Waals surface area contributed by atoms with Crippen molar-refractivity contribution in [2.24, 2.45) is 7.05 Å². The molecule has 3 heteroatoms. The van der Waals surface area contributed by atoms with Crippen LogP contribution in [0.3, 0.4) is 0 Å². The summed E-state index contributed by atoms with van der Waals surface area (Å²) < 4.78 is 4.61. The Balaban J connectivity index is 1.72. The molecule has 0 atom stereocenters. The summed E-state index contributed by atoms with van der Waals surface area (Å²) >= 11 is 0. The maximum atomic E-state index is 5.06. The third-order valence-electron chi connectivity index (χ3n) is 6.71. The van der Waals surface area contributed by atoms with Crippen molar-refractivity contribution in [3.05, 3.63) is 88.9 Å². The van der Waals surface area contributed by atoms with Gasteiger partial charge in [-0.25, -0.2) is 9.55 Å². The number of hydrogen-bond acceptors (Lipinski definition) is 1. The number of fused-ring (bicyclic) bond motifs is 6. The van der Waals surface area contributed by atoms with Crippen molar-refractivity contribution in [2.75, 3.05) is 0 Å². The SMILES string of the molecule is Cc1ccc2c(-c3cc4c(nc5n4-c4ccccc4C5)c(C)c3C)[n+](C)ccc2c1. The highest BCUT2D eigenvalue weighted by Crippen LogP contribution is 2.38. The minimum atomic E-state index is 0.903. The third kappa shape index (κ3) is 2.26. The van der Waals surface area contributed by atoms with Gasteiger partial charge in [0.05, 0.1) is 27.7 Å². The minimum absolute atomic E-state index is 0.903.